The molecule has 1 aromatic carbocycles. The predicted molar refractivity (Wildman–Crippen MR) is 87.9 cm³/mol. The van der Waals surface area contributed by atoms with Crippen molar-refractivity contribution in [1.29, 1.82) is 0 Å². The largest absolute Gasteiger partial charge is 0.387 e. The van der Waals surface area contributed by atoms with E-state index in [0.29, 0.717) is 12.1 Å². The first-order valence-electron chi connectivity index (χ1n) is 8.20. The third-order valence-electron chi connectivity index (χ3n) is 4.67. The van der Waals surface area contributed by atoms with Gasteiger partial charge in [-0.05, 0) is 37.6 Å². The fourth-order valence-corrected chi connectivity index (χ4v) is 3.49. The minimum Gasteiger partial charge on any atom is -0.387 e. The van der Waals surface area contributed by atoms with E-state index in [1.807, 2.05) is 28.8 Å². The van der Waals surface area contributed by atoms with Crippen LogP contribution in [0.3, 0.4) is 0 Å². The summed E-state index contributed by atoms with van der Waals surface area (Å²) in [4.78, 5) is 2.17. The van der Waals surface area contributed by atoms with Gasteiger partial charge in [0.25, 0.3) is 0 Å². The average molecular weight is 326 g/mol. The van der Waals surface area contributed by atoms with Gasteiger partial charge in [-0.25, -0.2) is 4.39 Å². The van der Waals surface area contributed by atoms with Crippen LogP contribution < -0.4 is 0 Å². The summed E-state index contributed by atoms with van der Waals surface area (Å²) in [5.74, 6) is 0.512. The number of pyridine rings is 1. The van der Waals surface area contributed by atoms with Crippen molar-refractivity contribution in [2.75, 3.05) is 13.1 Å². The van der Waals surface area contributed by atoms with Crippen molar-refractivity contribution in [3.63, 3.8) is 0 Å². The summed E-state index contributed by atoms with van der Waals surface area (Å²) in [7, 11) is 0. The number of nitrogens with zero attached hydrogens (tertiary/aromatic N) is 4. The van der Waals surface area contributed by atoms with Crippen molar-refractivity contribution in [2.24, 2.45) is 0 Å². The number of aliphatic hydroxyl groups is 1. The van der Waals surface area contributed by atoms with Crippen LogP contribution in [-0.2, 0) is 0 Å². The topological polar surface area (TPSA) is 53.7 Å². The van der Waals surface area contributed by atoms with E-state index in [2.05, 4.69) is 15.1 Å². The molecule has 1 N–H and O–H groups in total. The molecule has 1 saturated heterocycles. The lowest BCUT2D eigenvalue weighted by atomic mass is 10.1. The van der Waals surface area contributed by atoms with Crippen molar-refractivity contribution in [1.82, 2.24) is 19.5 Å². The van der Waals surface area contributed by atoms with Crippen LogP contribution in [0.25, 0.3) is 5.65 Å². The number of rotatable bonds is 4. The van der Waals surface area contributed by atoms with Gasteiger partial charge >= 0.3 is 0 Å². The number of fused-ring (bicyclic) bond motifs is 1. The van der Waals surface area contributed by atoms with Crippen LogP contribution in [0.5, 0.6) is 0 Å². The summed E-state index contributed by atoms with van der Waals surface area (Å²) in [5.41, 5.74) is 1.16. The number of hydrogen-bond donors (Lipinski definition) is 1. The minimum absolute atomic E-state index is 0.0869. The molecule has 1 aliphatic rings. The molecule has 6 heteroatoms. The Morgan fingerprint density at radius 1 is 1.17 bits per heavy atom. The van der Waals surface area contributed by atoms with Gasteiger partial charge in [0, 0.05) is 18.3 Å². The van der Waals surface area contributed by atoms with E-state index in [1.165, 1.54) is 6.07 Å². The summed E-state index contributed by atoms with van der Waals surface area (Å²) in [5, 5.41) is 19.0. The number of hydrogen-bond acceptors (Lipinski definition) is 4. The van der Waals surface area contributed by atoms with Gasteiger partial charge in [0.2, 0.25) is 0 Å². The second kappa shape index (κ2) is 6.30. The lowest BCUT2D eigenvalue weighted by Gasteiger charge is -2.26. The zero-order valence-corrected chi connectivity index (χ0v) is 13.2. The quantitative estimate of drug-likeness (QED) is 0.801. The van der Waals surface area contributed by atoms with E-state index in [-0.39, 0.29) is 11.9 Å². The van der Waals surface area contributed by atoms with Crippen LogP contribution in [0.4, 0.5) is 4.39 Å². The molecule has 2 aromatic heterocycles. The summed E-state index contributed by atoms with van der Waals surface area (Å²) >= 11 is 0. The molecule has 3 heterocycles. The molecule has 1 fully saturated rings. The molecule has 124 valence electrons. The normalized spacial score (nSPS) is 19.8. The van der Waals surface area contributed by atoms with Crippen LogP contribution in [0.2, 0.25) is 0 Å². The maximum atomic E-state index is 13.9. The van der Waals surface area contributed by atoms with E-state index < -0.39 is 6.10 Å². The average Bonchev–Trinajstić information content (AvgIpc) is 3.21. The van der Waals surface area contributed by atoms with Crippen molar-refractivity contribution in [3.8, 4) is 0 Å². The lowest BCUT2D eigenvalue weighted by Crippen LogP contribution is -2.29. The Balaban J connectivity index is 1.58. The van der Waals surface area contributed by atoms with Gasteiger partial charge in [0.05, 0.1) is 12.1 Å². The molecule has 3 aromatic rings. The van der Waals surface area contributed by atoms with Gasteiger partial charge in [0.15, 0.2) is 11.5 Å². The van der Waals surface area contributed by atoms with Crippen molar-refractivity contribution in [2.45, 2.75) is 25.0 Å². The summed E-state index contributed by atoms with van der Waals surface area (Å²) in [6, 6.07) is 12.3. The van der Waals surface area contributed by atoms with E-state index in [9.17, 15) is 9.50 Å². The Kier molecular flexibility index (Phi) is 4.00. The monoisotopic (exact) mass is 326 g/mol. The molecule has 0 aliphatic carbocycles. The summed E-state index contributed by atoms with van der Waals surface area (Å²) in [6.45, 7) is 1.24. The van der Waals surface area contributed by atoms with Crippen LogP contribution >= 0.6 is 0 Å². The SMILES string of the molecule is OC(CN1CCCC1c1nnc2ccccn12)c1ccccc1F. The Labute approximate surface area is 139 Å². The van der Waals surface area contributed by atoms with E-state index in [4.69, 9.17) is 0 Å². The zero-order valence-electron chi connectivity index (χ0n) is 13.2. The molecule has 0 amide bonds. The Morgan fingerprint density at radius 2 is 2.00 bits per heavy atom. The van der Waals surface area contributed by atoms with Gasteiger partial charge in [-0.15, -0.1) is 10.2 Å². The molecule has 0 bridgehead atoms. The van der Waals surface area contributed by atoms with Crippen LogP contribution in [0, 0.1) is 5.82 Å². The maximum absolute atomic E-state index is 13.9. The Morgan fingerprint density at radius 3 is 2.88 bits per heavy atom. The maximum Gasteiger partial charge on any atom is 0.160 e. The first-order chi connectivity index (χ1) is 11.7. The molecule has 5 nitrogen and oxygen atoms in total. The van der Waals surface area contributed by atoms with E-state index in [0.717, 1.165) is 30.9 Å². The number of benzene rings is 1. The van der Waals surface area contributed by atoms with Crippen LogP contribution in [0.15, 0.2) is 48.7 Å². The number of halogens is 1. The van der Waals surface area contributed by atoms with Gasteiger partial charge in [-0.1, -0.05) is 24.3 Å². The first-order valence-corrected chi connectivity index (χ1v) is 8.20. The summed E-state index contributed by atoms with van der Waals surface area (Å²) < 4.78 is 15.9. The Bertz CT molecular complexity index is 850. The molecule has 0 saturated carbocycles. The highest BCUT2D eigenvalue weighted by Crippen LogP contribution is 2.33. The van der Waals surface area contributed by atoms with Crippen molar-refractivity contribution >= 4 is 5.65 Å². The van der Waals surface area contributed by atoms with Crippen molar-refractivity contribution < 1.29 is 9.50 Å². The van der Waals surface area contributed by atoms with Gasteiger partial charge in [-0.3, -0.25) is 9.30 Å². The second-order valence-corrected chi connectivity index (χ2v) is 6.18. The summed E-state index contributed by atoms with van der Waals surface area (Å²) in [6.07, 6.45) is 3.08. The second-order valence-electron chi connectivity index (χ2n) is 6.18. The molecular formula is C18H19FN4O. The number of aromatic nitrogens is 3. The molecule has 24 heavy (non-hydrogen) atoms. The molecular weight excluding hydrogens is 307 g/mol. The highest BCUT2D eigenvalue weighted by Gasteiger charge is 2.31. The molecule has 4 rings (SSSR count). The Hall–Kier alpha value is -2.31. The van der Waals surface area contributed by atoms with E-state index >= 15 is 0 Å². The highest BCUT2D eigenvalue weighted by atomic mass is 19.1. The third kappa shape index (κ3) is 2.68. The number of aliphatic hydroxyl groups excluding tert-OH is 1. The molecule has 0 spiro atoms. The van der Waals surface area contributed by atoms with Crippen LogP contribution in [-0.4, -0.2) is 37.7 Å². The predicted octanol–water partition coefficient (Wildman–Crippen LogP) is 2.74. The fourth-order valence-electron chi connectivity index (χ4n) is 3.49. The molecule has 2 atom stereocenters. The van der Waals surface area contributed by atoms with Crippen molar-refractivity contribution in [3.05, 3.63) is 65.9 Å². The number of likely N-dealkylation sites (tertiary alicyclic amines) is 1. The first kappa shape index (κ1) is 15.2. The van der Waals surface area contributed by atoms with Gasteiger partial charge in [0.1, 0.15) is 5.82 Å². The fraction of sp³-hybridized carbons (Fsp3) is 0.333. The minimum atomic E-state index is -0.856. The molecule has 2 unspecified atom stereocenters. The van der Waals surface area contributed by atoms with Gasteiger partial charge in [-0.2, -0.15) is 0 Å². The zero-order chi connectivity index (χ0) is 16.5. The molecule has 0 radical (unpaired) electrons. The number of β-amino-alcohol motifs (C(OH)–C–C–N with tert-alkyl or cyclic N) is 1. The van der Waals surface area contributed by atoms with Gasteiger partial charge < -0.3 is 5.11 Å². The smallest absolute Gasteiger partial charge is 0.160 e. The highest BCUT2D eigenvalue weighted by molar-refractivity contribution is 5.37. The lowest BCUT2D eigenvalue weighted by molar-refractivity contribution is 0.101. The standard InChI is InChI=1S/C18H19FN4O/c19-14-7-2-1-6-13(14)16(24)12-22-10-5-8-15(22)18-21-20-17-9-3-4-11-23(17)18/h1-4,6-7,9,11,15-16,24H,5,8,10,12H2. The third-order valence-corrected chi connectivity index (χ3v) is 4.67. The van der Waals surface area contributed by atoms with Crippen LogP contribution in [0.1, 0.15) is 36.4 Å². The van der Waals surface area contributed by atoms with E-state index in [1.54, 1.807) is 18.2 Å². The molecule has 1 aliphatic heterocycles.